The molecule has 5 heteroatoms. The van der Waals surface area contributed by atoms with E-state index in [4.69, 9.17) is 4.74 Å². The number of hydrogen-bond donors (Lipinski definition) is 2. The number of rotatable bonds is 5. The topological polar surface area (TPSA) is 53.6 Å². The Hall–Kier alpha value is -2.53. The molecule has 0 unspecified atom stereocenters. The van der Waals surface area contributed by atoms with E-state index < -0.39 is 0 Å². The average molecular weight is 339 g/mol. The van der Waals surface area contributed by atoms with Gasteiger partial charge >= 0.3 is 6.03 Å². The Morgan fingerprint density at radius 3 is 2.80 bits per heavy atom. The van der Waals surface area contributed by atoms with Gasteiger partial charge in [0.1, 0.15) is 5.75 Å². The number of nitrogens with zero attached hydrogens (tertiary/aromatic N) is 1. The molecule has 1 heterocycles. The van der Waals surface area contributed by atoms with Gasteiger partial charge in [0.15, 0.2) is 0 Å². The number of benzene rings is 2. The van der Waals surface area contributed by atoms with Crippen LogP contribution in [0.25, 0.3) is 0 Å². The predicted octanol–water partition coefficient (Wildman–Crippen LogP) is 3.35. The number of urea groups is 1. The minimum atomic E-state index is -0.189. The van der Waals surface area contributed by atoms with E-state index in [1.807, 2.05) is 51.4 Å². The van der Waals surface area contributed by atoms with Crippen LogP contribution in [-0.4, -0.2) is 38.2 Å². The van der Waals surface area contributed by atoms with Crippen LogP contribution in [0.1, 0.15) is 22.7 Å². The maximum Gasteiger partial charge on any atom is 0.319 e. The van der Waals surface area contributed by atoms with Gasteiger partial charge in [-0.15, -0.1) is 0 Å². The largest absolute Gasteiger partial charge is 0.493 e. The van der Waals surface area contributed by atoms with Crippen molar-refractivity contribution in [3.05, 3.63) is 59.2 Å². The molecule has 5 nitrogen and oxygen atoms in total. The molecule has 2 aromatic carbocycles. The normalized spacial score (nSPS) is 13.9. The van der Waals surface area contributed by atoms with E-state index in [-0.39, 0.29) is 12.1 Å². The molecule has 25 heavy (non-hydrogen) atoms. The molecule has 2 aromatic rings. The molecule has 2 N–H and O–H groups in total. The maximum atomic E-state index is 12.2. The summed E-state index contributed by atoms with van der Waals surface area (Å²) >= 11 is 0. The van der Waals surface area contributed by atoms with E-state index in [0.717, 1.165) is 30.0 Å². The quantitative estimate of drug-likeness (QED) is 0.878. The van der Waals surface area contributed by atoms with Crippen LogP contribution in [0, 0.1) is 6.92 Å². The fourth-order valence-corrected chi connectivity index (χ4v) is 3.08. The molecule has 132 valence electrons. The number of para-hydroxylation sites is 1. The summed E-state index contributed by atoms with van der Waals surface area (Å²) in [6.07, 6.45) is 0.949. The van der Waals surface area contributed by atoms with Crippen LogP contribution in [0.15, 0.2) is 42.5 Å². The number of hydrogen-bond acceptors (Lipinski definition) is 3. The minimum absolute atomic E-state index is 0.105. The molecular formula is C20H25N3O2. The highest BCUT2D eigenvalue weighted by Gasteiger charge is 2.19. The van der Waals surface area contributed by atoms with E-state index in [2.05, 4.69) is 27.7 Å². The van der Waals surface area contributed by atoms with Crippen LogP contribution in [0.5, 0.6) is 5.75 Å². The van der Waals surface area contributed by atoms with E-state index >= 15 is 0 Å². The van der Waals surface area contributed by atoms with Crippen molar-refractivity contribution in [3.8, 4) is 5.75 Å². The summed E-state index contributed by atoms with van der Waals surface area (Å²) in [5, 5.41) is 5.89. The third kappa shape index (κ3) is 4.12. The fourth-order valence-electron chi connectivity index (χ4n) is 3.08. The first-order chi connectivity index (χ1) is 12.0. The highest BCUT2D eigenvalue weighted by Crippen LogP contribution is 2.29. The first-order valence-corrected chi connectivity index (χ1v) is 8.57. The Morgan fingerprint density at radius 1 is 1.24 bits per heavy atom. The molecule has 0 aliphatic carbocycles. The van der Waals surface area contributed by atoms with E-state index in [1.54, 1.807) is 0 Å². The van der Waals surface area contributed by atoms with Gasteiger partial charge in [-0.3, -0.25) is 0 Å². The van der Waals surface area contributed by atoms with Crippen molar-refractivity contribution in [2.24, 2.45) is 0 Å². The van der Waals surface area contributed by atoms with Crippen LogP contribution >= 0.6 is 0 Å². The van der Waals surface area contributed by atoms with Crippen molar-refractivity contribution in [2.45, 2.75) is 19.4 Å². The maximum absolute atomic E-state index is 12.2. The average Bonchev–Trinajstić information content (AvgIpc) is 3.04. The van der Waals surface area contributed by atoms with Crippen molar-refractivity contribution < 1.29 is 9.53 Å². The smallest absolute Gasteiger partial charge is 0.319 e. The Labute approximate surface area is 149 Å². The molecule has 1 aliphatic rings. The molecule has 0 fully saturated rings. The Morgan fingerprint density at radius 2 is 2.04 bits per heavy atom. The zero-order valence-corrected chi connectivity index (χ0v) is 15.0. The molecule has 0 saturated carbocycles. The number of carbonyl (C=O) groups excluding carboxylic acids is 1. The summed E-state index contributed by atoms with van der Waals surface area (Å²) in [4.78, 5) is 14.4. The molecule has 1 atom stereocenters. The summed E-state index contributed by atoms with van der Waals surface area (Å²) in [5.74, 6) is 0.978. The molecule has 0 radical (unpaired) electrons. The highest BCUT2D eigenvalue weighted by molar-refractivity contribution is 5.90. The third-order valence-electron chi connectivity index (χ3n) is 4.57. The third-order valence-corrected chi connectivity index (χ3v) is 4.57. The Bertz CT molecular complexity index is 758. The van der Waals surface area contributed by atoms with Crippen LogP contribution in [-0.2, 0) is 6.42 Å². The SMILES string of the molecule is Cc1ccccc1NC(=O)NC[C@H](c1ccc2c(c1)CCO2)N(C)C. The molecule has 0 spiro atoms. The second-order valence-corrected chi connectivity index (χ2v) is 6.59. The van der Waals surface area contributed by atoms with Gasteiger partial charge in [-0.05, 0) is 49.8 Å². The monoisotopic (exact) mass is 339 g/mol. The molecule has 3 rings (SSSR count). The van der Waals surface area contributed by atoms with Gasteiger partial charge in [-0.2, -0.15) is 0 Å². The lowest BCUT2D eigenvalue weighted by molar-refractivity contribution is 0.243. The number of anilines is 1. The zero-order chi connectivity index (χ0) is 17.8. The highest BCUT2D eigenvalue weighted by atomic mass is 16.5. The second kappa shape index (κ2) is 7.57. The van der Waals surface area contributed by atoms with Crippen molar-refractivity contribution in [3.63, 3.8) is 0 Å². The van der Waals surface area contributed by atoms with Gasteiger partial charge in [0.25, 0.3) is 0 Å². The lowest BCUT2D eigenvalue weighted by atomic mass is 10.0. The van der Waals surface area contributed by atoms with E-state index in [9.17, 15) is 4.79 Å². The van der Waals surface area contributed by atoms with Crippen LogP contribution in [0.4, 0.5) is 10.5 Å². The summed E-state index contributed by atoms with van der Waals surface area (Å²) in [7, 11) is 4.05. The lowest BCUT2D eigenvalue weighted by Gasteiger charge is -2.25. The van der Waals surface area contributed by atoms with Crippen LogP contribution in [0.2, 0.25) is 0 Å². The van der Waals surface area contributed by atoms with Gasteiger partial charge in [0.05, 0.1) is 12.6 Å². The number of aryl methyl sites for hydroxylation is 1. The van der Waals surface area contributed by atoms with Gasteiger partial charge in [-0.1, -0.05) is 30.3 Å². The van der Waals surface area contributed by atoms with Crippen molar-refractivity contribution >= 4 is 11.7 Å². The fraction of sp³-hybridized carbons (Fsp3) is 0.350. The summed E-state index contributed by atoms with van der Waals surface area (Å²) in [6.45, 7) is 3.26. The minimum Gasteiger partial charge on any atom is -0.493 e. The van der Waals surface area contributed by atoms with E-state index in [0.29, 0.717) is 6.54 Å². The van der Waals surface area contributed by atoms with Gasteiger partial charge in [-0.25, -0.2) is 4.79 Å². The van der Waals surface area contributed by atoms with Crippen molar-refractivity contribution in [1.82, 2.24) is 10.2 Å². The van der Waals surface area contributed by atoms with Gasteiger partial charge < -0.3 is 20.3 Å². The lowest BCUT2D eigenvalue weighted by Crippen LogP contribution is -2.37. The second-order valence-electron chi connectivity index (χ2n) is 6.59. The van der Waals surface area contributed by atoms with Crippen molar-refractivity contribution in [1.29, 1.82) is 0 Å². The standard InChI is InChI=1S/C20H25N3O2/c1-14-6-4-5-7-17(14)22-20(24)21-13-18(23(2)3)15-8-9-19-16(12-15)10-11-25-19/h4-9,12,18H,10-11,13H2,1-3H3,(H2,21,22,24)/t18-/m1/s1. The van der Waals surface area contributed by atoms with Gasteiger partial charge in [0, 0.05) is 18.7 Å². The Kier molecular flexibility index (Phi) is 5.24. The number of likely N-dealkylation sites (N-methyl/N-ethyl adjacent to an activating group) is 1. The van der Waals surface area contributed by atoms with E-state index in [1.165, 1.54) is 11.1 Å². The van der Waals surface area contributed by atoms with Gasteiger partial charge in [0.2, 0.25) is 0 Å². The summed E-state index contributed by atoms with van der Waals surface area (Å²) in [5.41, 5.74) is 4.30. The molecule has 2 amide bonds. The Balaban J connectivity index is 1.64. The number of carbonyl (C=O) groups is 1. The number of amides is 2. The summed E-state index contributed by atoms with van der Waals surface area (Å²) < 4.78 is 5.58. The van der Waals surface area contributed by atoms with Crippen LogP contribution < -0.4 is 15.4 Å². The first kappa shape index (κ1) is 17.3. The number of ether oxygens (including phenoxy) is 1. The number of fused-ring (bicyclic) bond motifs is 1. The molecular weight excluding hydrogens is 314 g/mol. The first-order valence-electron chi connectivity index (χ1n) is 8.57. The van der Waals surface area contributed by atoms with Crippen LogP contribution in [0.3, 0.4) is 0 Å². The molecule has 0 aromatic heterocycles. The number of nitrogens with one attached hydrogen (secondary N) is 2. The summed E-state index contributed by atoms with van der Waals surface area (Å²) in [6, 6.07) is 14.0. The predicted molar refractivity (Wildman–Crippen MR) is 100 cm³/mol. The van der Waals surface area contributed by atoms with Crippen molar-refractivity contribution in [2.75, 3.05) is 32.6 Å². The molecule has 0 bridgehead atoms. The zero-order valence-electron chi connectivity index (χ0n) is 15.0. The molecule has 0 saturated heterocycles. The molecule has 1 aliphatic heterocycles.